The van der Waals surface area contributed by atoms with Gasteiger partial charge in [-0.3, -0.25) is 4.90 Å². The van der Waals surface area contributed by atoms with Crippen LogP contribution in [0.3, 0.4) is 0 Å². The van der Waals surface area contributed by atoms with Crippen LogP contribution in [0.2, 0.25) is 0 Å². The number of ether oxygens (including phenoxy) is 1. The molecule has 2 heteroatoms. The van der Waals surface area contributed by atoms with Gasteiger partial charge in [0.25, 0.3) is 0 Å². The van der Waals surface area contributed by atoms with Gasteiger partial charge in [0.1, 0.15) is 0 Å². The highest BCUT2D eigenvalue weighted by atomic mass is 16.5. The molecule has 11 heavy (non-hydrogen) atoms. The number of hydrogen-bond acceptors (Lipinski definition) is 2. The quantitative estimate of drug-likeness (QED) is 0.615. The molecule has 1 aliphatic rings. The molecule has 0 aromatic rings. The van der Waals surface area contributed by atoms with Gasteiger partial charge >= 0.3 is 0 Å². The summed E-state index contributed by atoms with van der Waals surface area (Å²) >= 11 is 0. The summed E-state index contributed by atoms with van der Waals surface area (Å²) in [5.74, 6) is 0. The summed E-state index contributed by atoms with van der Waals surface area (Å²) in [5, 5.41) is 0. The van der Waals surface area contributed by atoms with Crippen LogP contribution in [-0.4, -0.2) is 37.2 Å². The SMILES string of the molecule is COCCN1[C@H](C)CC[C@H]1C. The van der Waals surface area contributed by atoms with Crippen molar-refractivity contribution < 1.29 is 4.74 Å². The lowest BCUT2D eigenvalue weighted by molar-refractivity contribution is 0.125. The number of likely N-dealkylation sites (tertiary alicyclic amines) is 1. The molecule has 1 aliphatic heterocycles. The second-order valence-corrected chi connectivity index (χ2v) is 3.51. The minimum Gasteiger partial charge on any atom is -0.383 e. The van der Waals surface area contributed by atoms with Gasteiger partial charge in [0, 0.05) is 25.7 Å². The Labute approximate surface area is 69.5 Å². The van der Waals surface area contributed by atoms with Gasteiger partial charge in [0.05, 0.1) is 6.61 Å². The van der Waals surface area contributed by atoms with Crippen molar-refractivity contribution in [1.29, 1.82) is 0 Å². The standard InChI is InChI=1S/C9H19NO/c1-8-4-5-9(2)10(8)6-7-11-3/h8-9H,4-7H2,1-3H3/t8-,9-/m1/s1. The summed E-state index contributed by atoms with van der Waals surface area (Å²) in [6.07, 6.45) is 2.70. The van der Waals surface area contributed by atoms with Gasteiger partial charge in [-0.1, -0.05) is 0 Å². The highest BCUT2D eigenvalue weighted by Gasteiger charge is 2.26. The summed E-state index contributed by atoms with van der Waals surface area (Å²) in [6.45, 7) is 6.58. The van der Waals surface area contributed by atoms with Crippen molar-refractivity contribution in [1.82, 2.24) is 4.90 Å². The first-order valence-corrected chi connectivity index (χ1v) is 4.50. The molecular weight excluding hydrogens is 138 g/mol. The molecule has 1 saturated heterocycles. The summed E-state index contributed by atoms with van der Waals surface area (Å²) in [7, 11) is 1.77. The highest BCUT2D eigenvalue weighted by Crippen LogP contribution is 2.22. The van der Waals surface area contributed by atoms with Crippen LogP contribution in [-0.2, 0) is 4.74 Å². The van der Waals surface area contributed by atoms with Crippen molar-refractivity contribution >= 4 is 0 Å². The normalized spacial score (nSPS) is 33.0. The molecule has 1 heterocycles. The monoisotopic (exact) mass is 157 g/mol. The van der Waals surface area contributed by atoms with E-state index >= 15 is 0 Å². The second kappa shape index (κ2) is 4.07. The third-order valence-electron chi connectivity index (χ3n) is 2.69. The van der Waals surface area contributed by atoms with E-state index in [0.717, 1.165) is 25.2 Å². The van der Waals surface area contributed by atoms with Crippen molar-refractivity contribution in [3.05, 3.63) is 0 Å². The molecule has 0 unspecified atom stereocenters. The average Bonchev–Trinajstić information content (AvgIpc) is 2.29. The Bertz CT molecular complexity index is 106. The van der Waals surface area contributed by atoms with Crippen molar-refractivity contribution in [2.24, 2.45) is 0 Å². The fraction of sp³-hybridized carbons (Fsp3) is 1.00. The number of rotatable bonds is 3. The van der Waals surface area contributed by atoms with E-state index in [1.54, 1.807) is 7.11 Å². The van der Waals surface area contributed by atoms with Crippen molar-refractivity contribution in [2.75, 3.05) is 20.3 Å². The summed E-state index contributed by atoms with van der Waals surface area (Å²) in [5.41, 5.74) is 0. The molecule has 0 aromatic heterocycles. The zero-order valence-corrected chi connectivity index (χ0v) is 7.84. The van der Waals surface area contributed by atoms with Gasteiger partial charge < -0.3 is 4.74 Å². The van der Waals surface area contributed by atoms with Gasteiger partial charge in [0.15, 0.2) is 0 Å². The summed E-state index contributed by atoms with van der Waals surface area (Å²) < 4.78 is 5.06. The first-order valence-electron chi connectivity index (χ1n) is 4.50. The van der Waals surface area contributed by atoms with Crippen LogP contribution >= 0.6 is 0 Å². The zero-order chi connectivity index (χ0) is 8.27. The van der Waals surface area contributed by atoms with Gasteiger partial charge in [-0.25, -0.2) is 0 Å². The smallest absolute Gasteiger partial charge is 0.0589 e. The predicted molar refractivity (Wildman–Crippen MR) is 46.7 cm³/mol. The van der Waals surface area contributed by atoms with Crippen LogP contribution in [0.5, 0.6) is 0 Å². The van der Waals surface area contributed by atoms with Crippen LogP contribution in [0.1, 0.15) is 26.7 Å². The van der Waals surface area contributed by atoms with Crippen molar-refractivity contribution in [3.8, 4) is 0 Å². The van der Waals surface area contributed by atoms with Crippen LogP contribution in [0.15, 0.2) is 0 Å². The topological polar surface area (TPSA) is 12.5 Å². The number of methoxy groups -OCH3 is 1. The van der Waals surface area contributed by atoms with Gasteiger partial charge in [0.2, 0.25) is 0 Å². The molecule has 2 nitrogen and oxygen atoms in total. The summed E-state index contributed by atoms with van der Waals surface area (Å²) in [4.78, 5) is 2.53. The van der Waals surface area contributed by atoms with Gasteiger partial charge in [-0.05, 0) is 26.7 Å². The maximum atomic E-state index is 5.06. The average molecular weight is 157 g/mol. The highest BCUT2D eigenvalue weighted by molar-refractivity contribution is 4.81. The molecule has 0 aliphatic carbocycles. The van der Waals surface area contributed by atoms with E-state index in [2.05, 4.69) is 18.7 Å². The molecule has 0 bridgehead atoms. The first-order chi connectivity index (χ1) is 5.25. The van der Waals surface area contributed by atoms with Crippen molar-refractivity contribution in [2.45, 2.75) is 38.8 Å². The van der Waals surface area contributed by atoms with Gasteiger partial charge in [-0.2, -0.15) is 0 Å². The van der Waals surface area contributed by atoms with E-state index in [4.69, 9.17) is 4.74 Å². The first kappa shape index (κ1) is 9.01. The molecule has 0 spiro atoms. The maximum absolute atomic E-state index is 5.06. The largest absolute Gasteiger partial charge is 0.383 e. The summed E-state index contributed by atoms with van der Waals surface area (Å²) in [6, 6.07) is 1.53. The van der Waals surface area contributed by atoms with Crippen LogP contribution in [0, 0.1) is 0 Å². The molecule has 0 amide bonds. The third-order valence-corrected chi connectivity index (χ3v) is 2.69. The Morgan fingerprint density at radius 2 is 1.82 bits per heavy atom. The molecule has 0 radical (unpaired) electrons. The molecule has 0 N–H and O–H groups in total. The lowest BCUT2D eigenvalue weighted by Gasteiger charge is -2.25. The Kier molecular flexibility index (Phi) is 3.34. The molecule has 1 fully saturated rings. The third kappa shape index (κ3) is 2.17. The Balaban J connectivity index is 2.29. The van der Waals surface area contributed by atoms with Crippen LogP contribution in [0.4, 0.5) is 0 Å². The molecule has 2 atom stereocenters. The van der Waals surface area contributed by atoms with E-state index in [-0.39, 0.29) is 0 Å². The zero-order valence-electron chi connectivity index (χ0n) is 7.84. The molecular formula is C9H19NO. The van der Waals surface area contributed by atoms with E-state index in [1.165, 1.54) is 12.8 Å². The van der Waals surface area contributed by atoms with Crippen LogP contribution < -0.4 is 0 Å². The minimum absolute atomic E-state index is 0.764. The number of hydrogen-bond donors (Lipinski definition) is 0. The maximum Gasteiger partial charge on any atom is 0.0589 e. The van der Waals surface area contributed by atoms with Crippen LogP contribution in [0.25, 0.3) is 0 Å². The second-order valence-electron chi connectivity index (χ2n) is 3.51. The van der Waals surface area contributed by atoms with Crippen molar-refractivity contribution in [3.63, 3.8) is 0 Å². The van der Waals surface area contributed by atoms with E-state index in [1.807, 2.05) is 0 Å². The predicted octanol–water partition coefficient (Wildman–Crippen LogP) is 1.51. The van der Waals surface area contributed by atoms with Gasteiger partial charge in [-0.15, -0.1) is 0 Å². The van der Waals surface area contributed by atoms with E-state index in [9.17, 15) is 0 Å². The molecule has 66 valence electrons. The lowest BCUT2D eigenvalue weighted by atomic mass is 10.2. The Hall–Kier alpha value is -0.0800. The fourth-order valence-electron chi connectivity index (χ4n) is 1.89. The van der Waals surface area contributed by atoms with E-state index < -0.39 is 0 Å². The molecule has 1 rings (SSSR count). The van der Waals surface area contributed by atoms with E-state index in [0.29, 0.717) is 0 Å². The lowest BCUT2D eigenvalue weighted by Crippen LogP contribution is -2.35. The number of nitrogens with zero attached hydrogens (tertiary/aromatic N) is 1. The minimum atomic E-state index is 0.764. The molecule has 0 saturated carbocycles. The molecule has 0 aromatic carbocycles. The fourth-order valence-corrected chi connectivity index (χ4v) is 1.89. The Morgan fingerprint density at radius 1 is 1.27 bits per heavy atom. The Morgan fingerprint density at radius 3 is 2.27 bits per heavy atom.